The number of hydrogen-bond donors (Lipinski definition) is 2. The first-order chi connectivity index (χ1) is 13.5. The van der Waals surface area contributed by atoms with Crippen LogP contribution >= 0.6 is 0 Å². The van der Waals surface area contributed by atoms with Gasteiger partial charge in [-0.15, -0.1) is 0 Å². The molecule has 0 spiro atoms. The summed E-state index contributed by atoms with van der Waals surface area (Å²) < 4.78 is 21.4. The fourth-order valence-corrected chi connectivity index (χ4v) is 3.24. The number of hydrogen-bond acceptors (Lipinski definition) is 5. The summed E-state index contributed by atoms with van der Waals surface area (Å²) in [5.74, 6) is 0.297. The van der Waals surface area contributed by atoms with E-state index < -0.39 is 5.82 Å². The van der Waals surface area contributed by atoms with E-state index in [2.05, 4.69) is 20.7 Å². The lowest BCUT2D eigenvalue weighted by molar-refractivity contribution is -0.110. The smallest absolute Gasteiger partial charge is 0.258 e. The molecule has 0 fully saturated rings. The van der Waals surface area contributed by atoms with Crippen LogP contribution in [-0.2, 0) is 11.8 Å². The number of amides is 1. The highest BCUT2D eigenvalue weighted by molar-refractivity contribution is 6.32. The highest BCUT2D eigenvalue weighted by Gasteiger charge is 2.28. The zero-order chi connectivity index (χ0) is 19.8. The summed E-state index contributed by atoms with van der Waals surface area (Å²) >= 11 is 0. The van der Waals surface area contributed by atoms with E-state index >= 15 is 0 Å². The van der Waals surface area contributed by atoms with E-state index in [0.29, 0.717) is 39.8 Å². The lowest BCUT2D eigenvalue weighted by Crippen LogP contribution is -2.09. The molecule has 1 amide bonds. The van der Waals surface area contributed by atoms with Crippen molar-refractivity contribution >= 4 is 23.0 Å². The van der Waals surface area contributed by atoms with Gasteiger partial charge in [-0.2, -0.15) is 5.10 Å². The minimum atomic E-state index is -0.446. The molecule has 0 saturated carbocycles. The lowest BCUT2D eigenvalue weighted by Gasteiger charge is -2.11. The van der Waals surface area contributed by atoms with Crippen molar-refractivity contribution in [1.29, 1.82) is 0 Å². The number of carbonyl (C=O) groups is 1. The van der Waals surface area contributed by atoms with Gasteiger partial charge in [0.15, 0.2) is 5.82 Å². The summed E-state index contributed by atoms with van der Waals surface area (Å²) in [7, 11) is 3.29. The van der Waals surface area contributed by atoms with Crippen LogP contribution in [0.1, 0.15) is 12.5 Å². The van der Waals surface area contributed by atoms with Crippen LogP contribution in [0.3, 0.4) is 0 Å². The Balaban J connectivity index is 1.81. The van der Waals surface area contributed by atoms with Crippen molar-refractivity contribution < 1.29 is 13.9 Å². The fourth-order valence-electron chi connectivity index (χ4n) is 3.24. The largest absolute Gasteiger partial charge is 0.496 e. The zero-order valence-electron chi connectivity index (χ0n) is 15.6. The number of nitrogens with zero attached hydrogens (tertiary/aromatic N) is 3. The molecule has 2 N–H and O–H groups in total. The molecule has 7 nitrogen and oxygen atoms in total. The second-order valence-electron chi connectivity index (χ2n) is 6.39. The molecule has 142 valence electrons. The van der Waals surface area contributed by atoms with Gasteiger partial charge in [0.2, 0.25) is 0 Å². The molecule has 0 aliphatic carbocycles. The van der Waals surface area contributed by atoms with Crippen LogP contribution < -0.4 is 15.4 Å². The lowest BCUT2D eigenvalue weighted by atomic mass is 10.0. The summed E-state index contributed by atoms with van der Waals surface area (Å²) in [5, 5.41) is 10.2. The molecule has 0 unspecified atom stereocenters. The molecule has 28 heavy (non-hydrogen) atoms. The number of rotatable bonds is 4. The van der Waals surface area contributed by atoms with Crippen molar-refractivity contribution in [3.05, 3.63) is 59.8 Å². The summed E-state index contributed by atoms with van der Waals surface area (Å²) in [6, 6.07) is 8.08. The molecular weight excluding hydrogens is 361 g/mol. The molecule has 0 bridgehead atoms. The topological polar surface area (TPSA) is 81.1 Å². The fraction of sp³-hybridized carbons (Fsp3) is 0.150. The van der Waals surface area contributed by atoms with Gasteiger partial charge >= 0.3 is 0 Å². The predicted molar refractivity (Wildman–Crippen MR) is 104 cm³/mol. The molecule has 3 aromatic rings. The molecule has 1 aliphatic heterocycles. The van der Waals surface area contributed by atoms with E-state index in [4.69, 9.17) is 4.74 Å². The normalized spacial score (nSPS) is 14.5. The van der Waals surface area contributed by atoms with Gasteiger partial charge in [0.05, 0.1) is 35.8 Å². The number of benzene rings is 1. The molecule has 2 aromatic heterocycles. The van der Waals surface area contributed by atoms with Gasteiger partial charge in [0.1, 0.15) is 11.6 Å². The van der Waals surface area contributed by atoms with E-state index in [1.165, 1.54) is 19.4 Å². The van der Waals surface area contributed by atoms with Crippen molar-refractivity contribution in [3.8, 4) is 17.0 Å². The third-order valence-corrected chi connectivity index (χ3v) is 4.50. The van der Waals surface area contributed by atoms with Gasteiger partial charge in [-0.25, -0.2) is 4.39 Å². The summed E-state index contributed by atoms with van der Waals surface area (Å²) in [6.07, 6.45) is 3.32. The van der Waals surface area contributed by atoms with Crippen molar-refractivity contribution in [2.45, 2.75) is 6.92 Å². The number of anilines is 2. The standard InChI is InChI=1S/C20H18FN5O2/c1-11(23-17-7-8-26(2)25-17)18-12-9-14(22-10-15(12)24-20(18)27)19-13(21)5-4-6-16(19)28-3/h4-10H,1-3H3,(H,23,25)(H,24,27)/b18-11-. The average Bonchev–Trinajstić information content (AvgIpc) is 3.22. The summed E-state index contributed by atoms with van der Waals surface area (Å²) in [5.41, 5.74) is 2.94. The number of halogens is 1. The Morgan fingerprint density at radius 2 is 2.14 bits per heavy atom. The zero-order valence-corrected chi connectivity index (χ0v) is 15.6. The minimum absolute atomic E-state index is 0.252. The van der Waals surface area contributed by atoms with Gasteiger partial charge in [0, 0.05) is 30.6 Å². The van der Waals surface area contributed by atoms with E-state index in [9.17, 15) is 9.18 Å². The Kier molecular flexibility index (Phi) is 4.31. The maximum Gasteiger partial charge on any atom is 0.258 e. The monoisotopic (exact) mass is 379 g/mol. The number of methoxy groups -OCH3 is 1. The Morgan fingerprint density at radius 1 is 1.32 bits per heavy atom. The van der Waals surface area contributed by atoms with Gasteiger partial charge in [-0.1, -0.05) is 6.07 Å². The quantitative estimate of drug-likeness (QED) is 0.679. The number of aromatic nitrogens is 3. The van der Waals surface area contributed by atoms with Crippen LogP contribution in [0, 0.1) is 5.82 Å². The molecule has 3 heterocycles. The summed E-state index contributed by atoms with van der Waals surface area (Å²) in [4.78, 5) is 16.9. The third kappa shape index (κ3) is 2.98. The van der Waals surface area contributed by atoms with Crippen molar-refractivity contribution in [1.82, 2.24) is 14.8 Å². The minimum Gasteiger partial charge on any atom is -0.496 e. The van der Waals surface area contributed by atoms with Crippen LogP contribution in [0.2, 0.25) is 0 Å². The molecule has 0 radical (unpaired) electrons. The molecule has 4 rings (SSSR count). The van der Waals surface area contributed by atoms with Crippen molar-refractivity contribution in [3.63, 3.8) is 0 Å². The average molecular weight is 379 g/mol. The maximum absolute atomic E-state index is 14.5. The van der Waals surface area contributed by atoms with Crippen molar-refractivity contribution in [2.24, 2.45) is 7.05 Å². The predicted octanol–water partition coefficient (Wildman–Crippen LogP) is 3.43. The van der Waals surface area contributed by atoms with Gasteiger partial charge < -0.3 is 15.4 Å². The van der Waals surface area contributed by atoms with E-state index in [1.54, 1.807) is 42.1 Å². The first-order valence-corrected chi connectivity index (χ1v) is 8.60. The number of allylic oxidation sites excluding steroid dienone is 1. The second-order valence-corrected chi connectivity index (χ2v) is 6.39. The SMILES string of the molecule is COc1cccc(F)c1-c1cc2c(cn1)NC(=O)/C2=C(/C)Nc1ccn(C)n1. The number of pyridine rings is 1. The highest BCUT2D eigenvalue weighted by Crippen LogP contribution is 2.38. The van der Waals surface area contributed by atoms with E-state index in [1.807, 2.05) is 7.05 Å². The number of ether oxygens (including phenoxy) is 1. The molecule has 1 aliphatic rings. The Hall–Kier alpha value is -3.68. The van der Waals surface area contributed by atoms with Gasteiger partial charge in [-0.05, 0) is 25.1 Å². The Bertz CT molecular complexity index is 1120. The number of fused-ring (bicyclic) bond motifs is 1. The first-order valence-electron chi connectivity index (χ1n) is 8.60. The Morgan fingerprint density at radius 3 is 2.86 bits per heavy atom. The highest BCUT2D eigenvalue weighted by atomic mass is 19.1. The maximum atomic E-state index is 14.5. The molecular formula is C20H18FN5O2. The molecule has 0 atom stereocenters. The first kappa shape index (κ1) is 17.7. The Labute approximate surface area is 160 Å². The number of nitrogens with one attached hydrogen (secondary N) is 2. The number of carbonyl (C=O) groups excluding carboxylic acids is 1. The second kappa shape index (κ2) is 6.80. The van der Waals surface area contributed by atoms with Crippen LogP contribution in [0.4, 0.5) is 15.9 Å². The molecule has 0 saturated heterocycles. The third-order valence-electron chi connectivity index (χ3n) is 4.50. The summed E-state index contributed by atoms with van der Waals surface area (Å²) in [6.45, 7) is 1.79. The van der Waals surface area contributed by atoms with Gasteiger partial charge in [0.25, 0.3) is 5.91 Å². The van der Waals surface area contributed by atoms with E-state index in [0.717, 1.165) is 0 Å². The van der Waals surface area contributed by atoms with Crippen LogP contribution in [0.25, 0.3) is 16.8 Å². The van der Waals surface area contributed by atoms with E-state index in [-0.39, 0.29) is 11.5 Å². The number of aryl methyl sites for hydroxylation is 1. The van der Waals surface area contributed by atoms with Crippen molar-refractivity contribution in [2.75, 3.05) is 17.7 Å². The van der Waals surface area contributed by atoms with Crippen LogP contribution in [0.15, 0.2) is 48.4 Å². The van der Waals surface area contributed by atoms with Gasteiger partial charge in [-0.3, -0.25) is 14.5 Å². The van der Waals surface area contributed by atoms with Crippen LogP contribution in [-0.4, -0.2) is 27.8 Å². The molecule has 1 aromatic carbocycles. The molecule has 8 heteroatoms. The van der Waals surface area contributed by atoms with Crippen LogP contribution in [0.5, 0.6) is 5.75 Å².